The summed E-state index contributed by atoms with van der Waals surface area (Å²) < 4.78 is 9.24. The third-order valence-electron chi connectivity index (χ3n) is 0.984. The van der Waals surface area contributed by atoms with E-state index in [1.54, 1.807) is 6.92 Å². The molecular weight excluding hydrogens is 228 g/mol. The first-order chi connectivity index (χ1) is 5.70. The lowest BCUT2D eigenvalue weighted by molar-refractivity contribution is -0.147. The van der Waals surface area contributed by atoms with Crippen molar-refractivity contribution >= 4 is 27.9 Å². The van der Waals surface area contributed by atoms with Gasteiger partial charge in [-0.3, -0.25) is 9.59 Å². The van der Waals surface area contributed by atoms with Gasteiger partial charge in [-0.15, -0.1) is 0 Å². The fourth-order valence-electron chi connectivity index (χ4n) is 0.520. The molecule has 0 aliphatic carbocycles. The van der Waals surface area contributed by atoms with Gasteiger partial charge >= 0.3 is 11.9 Å². The Hall–Kier alpha value is -0.580. The molecule has 5 heteroatoms. The van der Waals surface area contributed by atoms with Gasteiger partial charge in [0.1, 0.15) is 11.9 Å². The molecule has 0 heterocycles. The van der Waals surface area contributed by atoms with Crippen LogP contribution in [0.25, 0.3) is 0 Å². The Morgan fingerprint density at radius 3 is 2.42 bits per heavy atom. The quantitative estimate of drug-likeness (QED) is 0.527. The molecule has 0 radical (unpaired) electrons. The van der Waals surface area contributed by atoms with Crippen molar-refractivity contribution in [3.8, 4) is 0 Å². The molecule has 0 spiro atoms. The summed E-state index contributed by atoms with van der Waals surface area (Å²) in [7, 11) is 0. The van der Waals surface area contributed by atoms with Crippen molar-refractivity contribution in [3.05, 3.63) is 0 Å². The van der Waals surface area contributed by atoms with Crippen LogP contribution in [0, 0.1) is 0 Å². The highest BCUT2D eigenvalue weighted by Crippen LogP contribution is 1.90. The van der Waals surface area contributed by atoms with Crippen molar-refractivity contribution < 1.29 is 19.1 Å². The number of carbonyl (C=O) groups excluding carboxylic acids is 2. The minimum Gasteiger partial charge on any atom is -0.466 e. The fourth-order valence-corrected chi connectivity index (χ4v) is 0.682. The molecule has 0 unspecified atom stereocenters. The van der Waals surface area contributed by atoms with Gasteiger partial charge in [0, 0.05) is 0 Å². The molecule has 0 aromatic carbocycles. The van der Waals surface area contributed by atoms with E-state index in [4.69, 9.17) is 0 Å². The second kappa shape index (κ2) is 7.09. The number of esters is 2. The molecule has 0 atom stereocenters. The largest absolute Gasteiger partial charge is 0.466 e. The van der Waals surface area contributed by atoms with Crippen LogP contribution < -0.4 is 0 Å². The molecule has 0 fully saturated rings. The summed E-state index contributed by atoms with van der Waals surface area (Å²) in [6, 6.07) is 0. The van der Waals surface area contributed by atoms with Crippen LogP contribution in [-0.2, 0) is 19.1 Å². The minimum absolute atomic E-state index is 0.0866. The van der Waals surface area contributed by atoms with Crippen LogP contribution in [0.3, 0.4) is 0 Å². The summed E-state index contributed by atoms with van der Waals surface area (Å²) in [6.45, 7) is 2.16. The van der Waals surface area contributed by atoms with Crippen LogP contribution in [0.1, 0.15) is 13.3 Å². The van der Waals surface area contributed by atoms with E-state index in [2.05, 4.69) is 25.4 Å². The van der Waals surface area contributed by atoms with Crippen molar-refractivity contribution in [3.63, 3.8) is 0 Å². The standard InChI is InChI=1S/C7H11BrO4/c1-2-11-6(9)3-4-12-7(10)5-8/h2-5H2,1H3. The van der Waals surface area contributed by atoms with Crippen LogP contribution in [0.4, 0.5) is 0 Å². The Kier molecular flexibility index (Phi) is 6.75. The fraction of sp³-hybridized carbons (Fsp3) is 0.714. The number of halogens is 1. The molecule has 12 heavy (non-hydrogen) atoms. The maximum absolute atomic E-state index is 10.7. The molecular formula is C7H11BrO4. The Morgan fingerprint density at radius 2 is 1.92 bits per heavy atom. The van der Waals surface area contributed by atoms with E-state index in [9.17, 15) is 9.59 Å². The van der Waals surface area contributed by atoms with Crippen molar-refractivity contribution in [2.45, 2.75) is 13.3 Å². The van der Waals surface area contributed by atoms with Crippen LogP contribution in [0.2, 0.25) is 0 Å². The second-order valence-electron chi connectivity index (χ2n) is 1.91. The first-order valence-electron chi connectivity index (χ1n) is 3.58. The smallest absolute Gasteiger partial charge is 0.316 e. The zero-order valence-electron chi connectivity index (χ0n) is 6.84. The lowest BCUT2D eigenvalue weighted by Gasteiger charge is -2.02. The van der Waals surface area contributed by atoms with Gasteiger partial charge in [0.25, 0.3) is 0 Å². The average Bonchev–Trinajstić information content (AvgIpc) is 2.04. The molecule has 0 bridgehead atoms. The van der Waals surface area contributed by atoms with Gasteiger partial charge < -0.3 is 9.47 Å². The first-order valence-corrected chi connectivity index (χ1v) is 4.70. The molecule has 0 aliphatic rings. The summed E-state index contributed by atoms with van der Waals surface area (Å²) in [5.74, 6) is -0.723. The van der Waals surface area contributed by atoms with Crippen molar-refractivity contribution in [2.75, 3.05) is 18.5 Å². The number of alkyl halides is 1. The van der Waals surface area contributed by atoms with Gasteiger partial charge in [0.15, 0.2) is 0 Å². The van der Waals surface area contributed by atoms with Gasteiger partial charge in [-0.2, -0.15) is 0 Å². The lowest BCUT2D eigenvalue weighted by Crippen LogP contribution is -2.12. The van der Waals surface area contributed by atoms with E-state index in [0.29, 0.717) is 6.61 Å². The van der Waals surface area contributed by atoms with E-state index in [-0.39, 0.29) is 30.3 Å². The van der Waals surface area contributed by atoms with E-state index in [1.165, 1.54) is 0 Å². The zero-order valence-corrected chi connectivity index (χ0v) is 8.43. The summed E-state index contributed by atoms with van der Waals surface area (Å²) in [5, 5.41) is 0.149. The van der Waals surface area contributed by atoms with Crippen molar-refractivity contribution in [1.82, 2.24) is 0 Å². The second-order valence-corrected chi connectivity index (χ2v) is 2.47. The molecule has 0 aromatic heterocycles. The Labute approximate surface area is 79.3 Å². The topological polar surface area (TPSA) is 52.6 Å². The molecule has 0 aromatic rings. The molecule has 0 saturated carbocycles. The van der Waals surface area contributed by atoms with Gasteiger partial charge in [-0.25, -0.2) is 0 Å². The maximum Gasteiger partial charge on any atom is 0.316 e. The summed E-state index contributed by atoms with van der Waals surface area (Å²) in [5.41, 5.74) is 0. The van der Waals surface area contributed by atoms with Crippen LogP contribution in [-0.4, -0.2) is 30.5 Å². The number of carbonyl (C=O) groups is 2. The SMILES string of the molecule is CCOC(=O)CCOC(=O)CBr. The molecule has 0 aliphatic heterocycles. The first kappa shape index (κ1) is 11.4. The molecule has 0 amide bonds. The van der Waals surface area contributed by atoms with Crippen LogP contribution in [0.15, 0.2) is 0 Å². The number of hydrogen-bond donors (Lipinski definition) is 0. The Morgan fingerprint density at radius 1 is 1.25 bits per heavy atom. The normalized spacial score (nSPS) is 9.17. The highest BCUT2D eigenvalue weighted by atomic mass is 79.9. The van der Waals surface area contributed by atoms with Crippen LogP contribution in [0.5, 0.6) is 0 Å². The maximum atomic E-state index is 10.7. The summed E-state index contributed by atoms with van der Waals surface area (Å²) in [6.07, 6.45) is 0.118. The monoisotopic (exact) mass is 238 g/mol. The zero-order chi connectivity index (χ0) is 9.40. The molecule has 70 valence electrons. The summed E-state index contributed by atoms with van der Waals surface area (Å²) >= 11 is 2.92. The molecule has 0 N–H and O–H groups in total. The van der Waals surface area contributed by atoms with E-state index < -0.39 is 0 Å². The van der Waals surface area contributed by atoms with Crippen molar-refractivity contribution in [1.29, 1.82) is 0 Å². The molecule has 0 saturated heterocycles. The van der Waals surface area contributed by atoms with Crippen molar-refractivity contribution in [2.24, 2.45) is 0 Å². The number of hydrogen-bond acceptors (Lipinski definition) is 4. The predicted octanol–water partition coefficient (Wildman–Crippen LogP) is 0.878. The predicted molar refractivity (Wildman–Crippen MR) is 46.0 cm³/mol. The third-order valence-corrected chi connectivity index (χ3v) is 1.44. The highest BCUT2D eigenvalue weighted by molar-refractivity contribution is 9.09. The van der Waals surface area contributed by atoms with Gasteiger partial charge in [-0.05, 0) is 6.92 Å². The van der Waals surface area contributed by atoms with E-state index >= 15 is 0 Å². The Bertz CT molecular complexity index is 157. The average molecular weight is 239 g/mol. The van der Waals surface area contributed by atoms with Gasteiger partial charge in [0.2, 0.25) is 0 Å². The third kappa shape index (κ3) is 6.15. The lowest BCUT2D eigenvalue weighted by atomic mass is 10.5. The minimum atomic E-state index is -0.376. The summed E-state index contributed by atoms with van der Waals surface area (Å²) in [4.78, 5) is 21.2. The number of ether oxygens (including phenoxy) is 2. The van der Waals surface area contributed by atoms with E-state index in [0.717, 1.165) is 0 Å². The molecule has 4 nitrogen and oxygen atoms in total. The van der Waals surface area contributed by atoms with Crippen LogP contribution >= 0.6 is 15.9 Å². The Balaban J connectivity index is 3.30. The van der Waals surface area contributed by atoms with Gasteiger partial charge in [0.05, 0.1) is 13.0 Å². The molecule has 0 rings (SSSR count). The van der Waals surface area contributed by atoms with Gasteiger partial charge in [-0.1, -0.05) is 15.9 Å². The number of rotatable bonds is 5. The highest BCUT2D eigenvalue weighted by Gasteiger charge is 2.03. The van der Waals surface area contributed by atoms with E-state index in [1.807, 2.05) is 0 Å².